The zero-order valence-corrected chi connectivity index (χ0v) is 12.9. The Morgan fingerprint density at radius 2 is 1.95 bits per heavy atom. The van der Waals surface area contributed by atoms with E-state index in [0.29, 0.717) is 6.42 Å². The van der Waals surface area contributed by atoms with Crippen molar-refractivity contribution in [1.82, 2.24) is 10.2 Å². The number of nitrogens with one attached hydrogen (secondary N) is 1. The minimum Gasteiger partial charge on any atom is -0.494 e. The molecule has 1 aliphatic rings. The topological polar surface area (TPSA) is 41.6 Å². The van der Waals surface area contributed by atoms with E-state index in [2.05, 4.69) is 17.1 Å². The average molecular weight is 290 g/mol. The number of carbonyl (C=O) groups is 1. The van der Waals surface area contributed by atoms with Crippen LogP contribution in [0, 0.1) is 0 Å². The third-order valence-corrected chi connectivity index (χ3v) is 3.81. The van der Waals surface area contributed by atoms with Gasteiger partial charge in [0.05, 0.1) is 6.61 Å². The Labute approximate surface area is 127 Å². The highest BCUT2D eigenvalue weighted by Gasteiger charge is 2.12. The van der Waals surface area contributed by atoms with Gasteiger partial charge in [0.1, 0.15) is 5.75 Å². The fourth-order valence-corrected chi connectivity index (χ4v) is 2.41. The van der Waals surface area contributed by atoms with Crippen LogP contribution in [0.25, 0.3) is 0 Å². The van der Waals surface area contributed by atoms with Gasteiger partial charge >= 0.3 is 0 Å². The average Bonchev–Trinajstić information content (AvgIpc) is 2.54. The number of nitrogens with zero attached hydrogens (tertiary/aromatic N) is 1. The van der Waals surface area contributed by atoms with E-state index < -0.39 is 0 Å². The molecule has 116 valence electrons. The number of ketones is 1. The molecule has 0 unspecified atom stereocenters. The Morgan fingerprint density at radius 3 is 2.62 bits per heavy atom. The molecular formula is C17H26N2O2. The third-order valence-electron chi connectivity index (χ3n) is 3.81. The molecule has 21 heavy (non-hydrogen) atoms. The molecule has 0 spiro atoms. The Kier molecular flexibility index (Phi) is 6.70. The van der Waals surface area contributed by atoms with Crippen molar-refractivity contribution in [1.29, 1.82) is 0 Å². The SMILES string of the molecule is CCCCOc1ccc(C(=O)CCN2CCNCC2)cc1. The van der Waals surface area contributed by atoms with E-state index >= 15 is 0 Å². The molecule has 1 heterocycles. The normalized spacial score (nSPS) is 15.9. The summed E-state index contributed by atoms with van der Waals surface area (Å²) in [5, 5.41) is 3.32. The van der Waals surface area contributed by atoms with Crippen molar-refractivity contribution in [2.45, 2.75) is 26.2 Å². The molecule has 4 nitrogen and oxygen atoms in total. The monoisotopic (exact) mass is 290 g/mol. The molecule has 2 rings (SSSR count). The van der Waals surface area contributed by atoms with Crippen molar-refractivity contribution in [2.75, 3.05) is 39.3 Å². The molecule has 0 aliphatic carbocycles. The summed E-state index contributed by atoms with van der Waals surface area (Å²) < 4.78 is 5.61. The predicted molar refractivity (Wildman–Crippen MR) is 85.1 cm³/mol. The molecule has 1 aromatic carbocycles. The van der Waals surface area contributed by atoms with Gasteiger partial charge in [-0.1, -0.05) is 13.3 Å². The number of ether oxygens (including phenoxy) is 1. The van der Waals surface area contributed by atoms with Crippen molar-refractivity contribution in [3.63, 3.8) is 0 Å². The molecule has 0 saturated carbocycles. The first-order chi connectivity index (χ1) is 10.3. The molecule has 1 saturated heterocycles. The minimum absolute atomic E-state index is 0.216. The van der Waals surface area contributed by atoms with E-state index in [1.54, 1.807) is 0 Å². The van der Waals surface area contributed by atoms with Crippen molar-refractivity contribution in [3.05, 3.63) is 29.8 Å². The van der Waals surface area contributed by atoms with Gasteiger partial charge in [-0.15, -0.1) is 0 Å². The second kappa shape index (κ2) is 8.80. The Bertz CT molecular complexity index is 425. The smallest absolute Gasteiger partial charge is 0.164 e. The highest BCUT2D eigenvalue weighted by atomic mass is 16.5. The number of carbonyl (C=O) groups excluding carboxylic acids is 1. The van der Waals surface area contributed by atoms with Crippen LogP contribution in [0.5, 0.6) is 5.75 Å². The predicted octanol–water partition coefficient (Wildman–Crippen LogP) is 2.34. The molecule has 0 atom stereocenters. The van der Waals surface area contributed by atoms with E-state index in [-0.39, 0.29) is 5.78 Å². The van der Waals surface area contributed by atoms with Crippen LogP contribution in [0.4, 0.5) is 0 Å². The van der Waals surface area contributed by atoms with E-state index in [9.17, 15) is 4.79 Å². The largest absolute Gasteiger partial charge is 0.494 e. The summed E-state index contributed by atoms with van der Waals surface area (Å²) in [5.41, 5.74) is 0.785. The van der Waals surface area contributed by atoms with E-state index in [1.807, 2.05) is 24.3 Å². The molecule has 0 radical (unpaired) electrons. The van der Waals surface area contributed by atoms with Crippen LogP contribution in [-0.2, 0) is 0 Å². The number of Topliss-reactive ketones (excluding diaryl/α,β-unsaturated/α-hetero) is 1. The zero-order chi connectivity index (χ0) is 14.9. The van der Waals surface area contributed by atoms with Crippen molar-refractivity contribution in [3.8, 4) is 5.75 Å². The van der Waals surface area contributed by atoms with Crippen LogP contribution >= 0.6 is 0 Å². The van der Waals surface area contributed by atoms with E-state index in [4.69, 9.17) is 4.74 Å². The summed E-state index contributed by atoms with van der Waals surface area (Å²) in [6, 6.07) is 7.55. The highest BCUT2D eigenvalue weighted by Crippen LogP contribution is 2.14. The first kappa shape index (κ1) is 16.0. The van der Waals surface area contributed by atoms with Crippen molar-refractivity contribution in [2.24, 2.45) is 0 Å². The number of piperazine rings is 1. The van der Waals surface area contributed by atoms with Gasteiger partial charge in [-0.25, -0.2) is 0 Å². The summed E-state index contributed by atoms with van der Waals surface area (Å²) in [7, 11) is 0. The van der Waals surface area contributed by atoms with Gasteiger partial charge in [0.2, 0.25) is 0 Å². The van der Waals surface area contributed by atoms with Crippen molar-refractivity contribution < 1.29 is 9.53 Å². The molecule has 0 aromatic heterocycles. The maximum atomic E-state index is 12.2. The maximum Gasteiger partial charge on any atom is 0.164 e. The Morgan fingerprint density at radius 1 is 1.24 bits per heavy atom. The van der Waals surface area contributed by atoms with Crippen LogP contribution in [0.2, 0.25) is 0 Å². The third kappa shape index (κ3) is 5.48. The number of unbranched alkanes of at least 4 members (excludes halogenated alkanes) is 1. The van der Waals surface area contributed by atoms with Gasteiger partial charge in [0.15, 0.2) is 5.78 Å². The quantitative estimate of drug-likeness (QED) is 0.589. The molecule has 1 fully saturated rings. The highest BCUT2D eigenvalue weighted by molar-refractivity contribution is 5.96. The molecule has 0 bridgehead atoms. The second-order valence-electron chi connectivity index (χ2n) is 5.49. The first-order valence-corrected chi connectivity index (χ1v) is 7.98. The summed E-state index contributed by atoms with van der Waals surface area (Å²) in [4.78, 5) is 14.5. The lowest BCUT2D eigenvalue weighted by molar-refractivity contribution is 0.0960. The Hall–Kier alpha value is -1.39. The van der Waals surface area contributed by atoms with Crippen LogP contribution in [0.1, 0.15) is 36.5 Å². The van der Waals surface area contributed by atoms with Gasteiger partial charge in [0, 0.05) is 44.7 Å². The lowest BCUT2D eigenvalue weighted by Crippen LogP contribution is -2.44. The number of rotatable bonds is 8. The van der Waals surface area contributed by atoms with Crippen LogP contribution < -0.4 is 10.1 Å². The first-order valence-electron chi connectivity index (χ1n) is 7.98. The summed E-state index contributed by atoms with van der Waals surface area (Å²) >= 11 is 0. The molecule has 4 heteroatoms. The second-order valence-corrected chi connectivity index (χ2v) is 5.49. The van der Waals surface area contributed by atoms with Gasteiger partial charge < -0.3 is 15.0 Å². The summed E-state index contributed by atoms with van der Waals surface area (Å²) in [6.45, 7) is 7.87. The van der Waals surface area contributed by atoms with E-state index in [0.717, 1.165) is 63.5 Å². The minimum atomic E-state index is 0.216. The number of hydrogen-bond donors (Lipinski definition) is 1. The molecule has 1 aliphatic heterocycles. The van der Waals surface area contributed by atoms with Gasteiger partial charge in [0.25, 0.3) is 0 Å². The fourth-order valence-electron chi connectivity index (χ4n) is 2.41. The summed E-state index contributed by atoms with van der Waals surface area (Å²) in [6.07, 6.45) is 2.78. The maximum absolute atomic E-state index is 12.2. The number of hydrogen-bond acceptors (Lipinski definition) is 4. The van der Waals surface area contributed by atoms with Crippen molar-refractivity contribution >= 4 is 5.78 Å². The molecular weight excluding hydrogens is 264 g/mol. The molecule has 0 amide bonds. The van der Waals surface area contributed by atoms with E-state index in [1.165, 1.54) is 0 Å². The Balaban J connectivity index is 1.76. The lowest BCUT2D eigenvalue weighted by atomic mass is 10.1. The van der Waals surface area contributed by atoms with Gasteiger partial charge in [-0.3, -0.25) is 4.79 Å². The van der Waals surface area contributed by atoms with Crippen LogP contribution in [0.15, 0.2) is 24.3 Å². The number of benzene rings is 1. The zero-order valence-electron chi connectivity index (χ0n) is 12.9. The summed E-state index contributed by atoms with van der Waals surface area (Å²) in [5.74, 6) is 1.07. The van der Waals surface area contributed by atoms with Gasteiger partial charge in [-0.2, -0.15) is 0 Å². The lowest BCUT2D eigenvalue weighted by Gasteiger charge is -2.26. The van der Waals surface area contributed by atoms with Crippen LogP contribution in [0.3, 0.4) is 0 Å². The molecule has 1 aromatic rings. The standard InChI is InChI=1S/C17H26N2O2/c1-2-3-14-21-16-6-4-15(5-7-16)17(20)8-11-19-12-9-18-10-13-19/h4-7,18H,2-3,8-14H2,1H3. The van der Waals surface area contributed by atoms with Crippen LogP contribution in [-0.4, -0.2) is 50.0 Å². The molecule has 1 N–H and O–H groups in total. The van der Waals surface area contributed by atoms with Gasteiger partial charge in [-0.05, 0) is 30.7 Å². The fraction of sp³-hybridized carbons (Fsp3) is 0.588.